The van der Waals surface area contributed by atoms with E-state index >= 15 is 0 Å². The van der Waals surface area contributed by atoms with Crippen LogP contribution in [-0.4, -0.2) is 12.6 Å². The Balaban J connectivity index is 2.08. The van der Waals surface area contributed by atoms with E-state index in [1.807, 2.05) is 0 Å². The molecule has 0 spiro atoms. The minimum absolute atomic E-state index is 0.0226. The van der Waals surface area contributed by atoms with Crippen molar-refractivity contribution >= 4 is 5.97 Å². The average molecular weight is 180 g/mol. The summed E-state index contributed by atoms with van der Waals surface area (Å²) in [5.74, 6) is 0.129. The molecule has 3 rings (SSSR count). The van der Waals surface area contributed by atoms with Gasteiger partial charge in [-0.25, -0.2) is 0 Å². The SMILES string of the molecule is O=C1OC[C@@]23CCCC[C@@]12CCC3. The minimum atomic E-state index is -0.0226. The summed E-state index contributed by atoms with van der Waals surface area (Å²) < 4.78 is 5.31. The zero-order valence-corrected chi connectivity index (χ0v) is 7.97. The standard InChI is InChI=1S/C11H16O2/c12-9-11-6-2-1-4-10(11,8-13-9)5-3-7-11/h1-8H2/t10-,11+/m0/s1. The zero-order valence-electron chi connectivity index (χ0n) is 7.97. The number of carbonyl (C=O) groups is 1. The van der Waals surface area contributed by atoms with Gasteiger partial charge in [0.1, 0.15) is 0 Å². The van der Waals surface area contributed by atoms with Gasteiger partial charge in [-0.15, -0.1) is 0 Å². The Morgan fingerprint density at radius 2 is 1.69 bits per heavy atom. The van der Waals surface area contributed by atoms with Crippen LogP contribution in [0.4, 0.5) is 0 Å². The van der Waals surface area contributed by atoms with Crippen molar-refractivity contribution in [3.05, 3.63) is 0 Å². The van der Waals surface area contributed by atoms with Crippen LogP contribution >= 0.6 is 0 Å². The molecule has 1 saturated heterocycles. The molecule has 2 nitrogen and oxygen atoms in total. The van der Waals surface area contributed by atoms with Gasteiger partial charge in [0.2, 0.25) is 0 Å². The highest BCUT2D eigenvalue weighted by molar-refractivity contribution is 5.81. The summed E-state index contributed by atoms with van der Waals surface area (Å²) in [6.45, 7) is 0.728. The largest absolute Gasteiger partial charge is 0.465 e. The topological polar surface area (TPSA) is 26.3 Å². The first kappa shape index (κ1) is 7.84. The zero-order chi connectivity index (χ0) is 8.94. The molecular weight excluding hydrogens is 164 g/mol. The first-order valence-electron chi connectivity index (χ1n) is 5.46. The van der Waals surface area contributed by atoms with Crippen molar-refractivity contribution in [2.45, 2.75) is 44.9 Å². The lowest BCUT2D eigenvalue weighted by Crippen LogP contribution is -2.41. The predicted octanol–water partition coefficient (Wildman–Crippen LogP) is 2.27. The second-order valence-corrected chi connectivity index (χ2v) is 5.00. The van der Waals surface area contributed by atoms with Crippen LogP contribution in [-0.2, 0) is 9.53 Å². The molecule has 0 unspecified atom stereocenters. The van der Waals surface area contributed by atoms with E-state index in [0.29, 0.717) is 0 Å². The van der Waals surface area contributed by atoms with E-state index < -0.39 is 0 Å². The highest BCUT2D eigenvalue weighted by atomic mass is 16.5. The molecule has 0 amide bonds. The van der Waals surface area contributed by atoms with E-state index in [1.165, 1.54) is 32.1 Å². The normalized spacial score (nSPS) is 48.5. The molecule has 2 saturated carbocycles. The van der Waals surface area contributed by atoms with Crippen molar-refractivity contribution in [2.75, 3.05) is 6.61 Å². The number of rotatable bonds is 0. The molecule has 3 fully saturated rings. The highest BCUT2D eigenvalue weighted by Gasteiger charge is 2.65. The lowest BCUT2D eigenvalue weighted by Gasteiger charge is -2.40. The van der Waals surface area contributed by atoms with Crippen LogP contribution in [0.3, 0.4) is 0 Å². The third-order valence-corrected chi connectivity index (χ3v) is 4.65. The fourth-order valence-electron chi connectivity index (χ4n) is 3.92. The van der Waals surface area contributed by atoms with Gasteiger partial charge in [0.05, 0.1) is 12.0 Å². The molecule has 1 heterocycles. The van der Waals surface area contributed by atoms with Crippen LogP contribution in [0.25, 0.3) is 0 Å². The monoisotopic (exact) mass is 180 g/mol. The van der Waals surface area contributed by atoms with Crippen molar-refractivity contribution < 1.29 is 9.53 Å². The Morgan fingerprint density at radius 1 is 1.00 bits per heavy atom. The number of esters is 1. The lowest BCUT2D eigenvalue weighted by atomic mass is 9.59. The van der Waals surface area contributed by atoms with Crippen LogP contribution in [0.2, 0.25) is 0 Å². The Bertz CT molecular complexity index is 261. The molecule has 0 radical (unpaired) electrons. The molecule has 0 aromatic carbocycles. The van der Waals surface area contributed by atoms with Gasteiger partial charge in [-0.1, -0.05) is 19.3 Å². The fraction of sp³-hybridized carbons (Fsp3) is 0.909. The molecule has 0 aromatic heterocycles. The summed E-state index contributed by atoms with van der Waals surface area (Å²) >= 11 is 0. The molecule has 72 valence electrons. The Kier molecular flexibility index (Phi) is 1.38. The molecule has 1 aliphatic heterocycles. The Hall–Kier alpha value is -0.530. The minimum Gasteiger partial charge on any atom is -0.465 e. The second kappa shape index (κ2) is 2.28. The summed E-state index contributed by atoms with van der Waals surface area (Å²) in [4.78, 5) is 11.8. The van der Waals surface area contributed by atoms with E-state index in [9.17, 15) is 4.79 Å². The van der Waals surface area contributed by atoms with E-state index in [-0.39, 0.29) is 16.8 Å². The van der Waals surface area contributed by atoms with Crippen molar-refractivity contribution in [1.82, 2.24) is 0 Å². The maximum atomic E-state index is 11.8. The number of hydrogen-bond donors (Lipinski definition) is 0. The quantitative estimate of drug-likeness (QED) is 0.534. The van der Waals surface area contributed by atoms with Crippen LogP contribution in [0.5, 0.6) is 0 Å². The average Bonchev–Trinajstić information content (AvgIpc) is 2.65. The van der Waals surface area contributed by atoms with Gasteiger partial charge in [0.25, 0.3) is 0 Å². The van der Waals surface area contributed by atoms with Crippen molar-refractivity contribution in [3.63, 3.8) is 0 Å². The molecule has 0 bridgehead atoms. The van der Waals surface area contributed by atoms with Crippen LogP contribution < -0.4 is 0 Å². The van der Waals surface area contributed by atoms with E-state index in [0.717, 1.165) is 19.4 Å². The second-order valence-electron chi connectivity index (χ2n) is 5.00. The summed E-state index contributed by atoms with van der Waals surface area (Å²) in [5, 5.41) is 0. The summed E-state index contributed by atoms with van der Waals surface area (Å²) in [6, 6.07) is 0. The van der Waals surface area contributed by atoms with Crippen LogP contribution in [0.1, 0.15) is 44.9 Å². The van der Waals surface area contributed by atoms with Crippen LogP contribution in [0.15, 0.2) is 0 Å². The molecular formula is C11H16O2. The number of cyclic esters (lactones) is 1. The van der Waals surface area contributed by atoms with E-state index in [4.69, 9.17) is 4.74 Å². The predicted molar refractivity (Wildman–Crippen MR) is 48.1 cm³/mol. The van der Waals surface area contributed by atoms with Crippen LogP contribution in [0, 0.1) is 10.8 Å². The van der Waals surface area contributed by atoms with Gasteiger partial charge in [-0.2, -0.15) is 0 Å². The summed E-state index contributed by atoms with van der Waals surface area (Å²) in [6.07, 6.45) is 8.46. The van der Waals surface area contributed by atoms with Gasteiger partial charge in [0.15, 0.2) is 0 Å². The van der Waals surface area contributed by atoms with Crippen molar-refractivity contribution in [2.24, 2.45) is 10.8 Å². The third-order valence-electron chi connectivity index (χ3n) is 4.65. The summed E-state index contributed by atoms with van der Waals surface area (Å²) in [5.41, 5.74) is 0.258. The van der Waals surface area contributed by atoms with Gasteiger partial charge < -0.3 is 4.74 Å². The van der Waals surface area contributed by atoms with E-state index in [1.54, 1.807) is 0 Å². The van der Waals surface area contributed by atoms with Gasteiger partial charge in [0, 0.05) is 5.41 Å². The number of ether oxygens (including phenoxy) is 1. The van der Waals surface area contributed by atoms with Gasteiger partial charge in [-0.3, -0.25) is 4.79 Å². The molecule has 13 heavy (non-hydrogen) atoms. The number of carbonyl (C=O) groups excluding carboxylic acids is 1. The molecule has 2 aliphatic carbocycles. The summed E-state index contributed by atoms with van der Waals surface area (Å²) in [7, 11) is 0. The first-order valence-corrected chi connectivity index (χ1v) is 5.46. The maximum Gasteiger partial charge on any atom is 0.312 e. The van der Waals surface area contributed by atoms with E-state index in [2.05, 4.69) is 0 Å². The Labute approximate surface area is 78.6 Å². The molecule has 0 N–H and O–H groups in total. The third kappa shape index (κ3) is 0.733. The lowest BCUT2D eigenvalue weighted by molar-refractivity contribution is -0.148. The van der Waals surface area contributed by atoms with Crippen molar-refractivity contribution in [3.8, 4) is 0 Å². The maximum absolute atomic E-state index is 11.8. The Morgan fingerprint density at radius 3 is 2.54 bits per heavy atom. The highest BCUT2D eigenvalue weighted by Crippen LogP contribution is 2.64. The fourth-order valence-corrected chi connectivity index (χ4v) is 3.92. The molecule has 2 heteroatoms. The smallest absolute Gasteiger partial charge is 0.312 e. The molecule has 3 aliphatic rings. The van der Waals surface area contributed by atoms with Crippen molar-refractivity contribution in [1.29, 1.82) is 0 Å². The van der Waals surface area contributed by atoms with Gasteiger partial charge in [-0.05, 0) is 25.7 Å². The first-order chi connectivity index (χ1) is 6.29. The number of hydrogen-bond acceptors (Lipinski definition) is 2. The molecule has 0 aromatic rings. The molecule has 2 atom stereocenters. The van der Waals surface area contributed by atoms with Gasteiger partial charge >= 0.3 is 5.97 Å².